The molecule has 0 aromatic heterocycles. The average molecular weight is 595 g/mol. The van der Waals surface area contributed by atoms with E-state index in [9.17, 15) is 0 Å². The molecule has 0 fully saturated rings. The van der Waals surface area contributed by atoms with Gasteiger partial charge in [0.2, 0.25) is 0 Å². The predicted octanol–water partition coefficient (Wildman–Crippen LogP) is 11.0. The highest BCUT2D eigenvalue weighted by atomic mass is 35.5. The Kier molecular flexibility index (Phi) is 9.95. The second kappa shape index (κ2) is 12.9. The van der Waals surface area contributed by atoms with Crippen molar-refractivity contribution < 1.29 is 0 Å². The lowest BCUT2D eigenvalue weighted by Crippen LogP contribution is -2.30. The van der Waals surface area contributed by atoms with Crippen LogP contribution < -0.4 is 5.73 Å². The van der Waals surface area contributed by atoms with Gasteiger partial charge in [-0.3, -0.25) is 0 Å². The topological polar surface area (TPSA) is 26.0 Å². The Morgan fingerprint density at radius 1 is 0.825 bits per heavy atom. The summed E-state index contributed by atoms with van der Waals surface area (Å²) in [4.78, 5) is 0. The molecule has 1 aliphatic carbocycles. The van der Waals surface area contributed by atoms with Crippen LogP contribution >= 0.6 is 34.8 Å². The van der Waals surface area contributed by atoms with Crippen LogP contribution in [0.3, 0.4) is 0 Å². The molecule has 2 N–H and O–H groups in total. The van der Waals surface area contributed by atoms with Gasteiger partial charge in [-0.15, -0.1) is 0 Å². The fourth-order valence-electron chi connectivity index (χ4n) is 6.24. The molecule has 3 unspecified atom stereocenters. The molecule has 3 aromatic carbocycles. The molecular formula is C36H42Cl3N. The van der Waals surface area contributed by atoms with Crippen LogP contribution in [0.25, 0.3) is 0 Å². The Labute approximate surface area is 256 Å². The van der Waals surface area contributed by atoms with E-state index in [0.29, 0.717) is 34.3 Å². The van der Waals surface area contributed by atoms with E-state index < -0.39 is 0 Å². The van der Waals surface area contributed by atoms with E-state index >= 15 is 0 Å². The fourth-order valence-corrected chi connectivity index (χ4v) is 6.84. The lowest BCUT2D eigenvalue weighted by Gasteiger charge is -2.40. The third-order valence-corrected chi connectivity index (χ3v) is 10.2. The number of allylic oxidation sites excluding steroid dienone is 4. The number of hydrogen-bond donors (Lipinski definition) is 1. The first-order valence-electron chi connectivity index (χ1n) is 14.3. The van der Waals surface area contributed by atoms with Gasteiger partial charge in [0.15, 0.2) is 0 Å². The first-order valence-corrected chi connectivity index (χ1v) is 15.5. The van der Waals surface area contributed by atoms with Crippen LogP contribution in [0, 0.1) is 18.8 Å². The Hall–Kier alpha value is -2.03. The summed E-state index contributed by atoms with van der Waals surface area (Å²) >= 11 is 19.5. The average Bonchev–Trinajstić information content (AvgIpc) is 2.93. The van der Waals surface area contributed by atoms with E-state index in [1.54, 1.807) is 0 Å². The SMILES string of the molecule is CC1=C(CCc2ccc(CN)cc2Cl)CC(c2ccc(C)cc2)C(C)C(C(C)(C)c2ccc(Cl)c(Cl)c2)=CC1C. The number of halogens is 3. The van der Waals surface area contributed by atoms with Gasteiger partial charge < -0.3 is 5.73 Å². The minimum atomic E-state index is -0.207. The highest BCUT2D eigenvalue weighted by Gasteiger charge is 2.36. The second-order valence-electron chi connectivity index (χ2n) is 12.1. The summed E-state index contributed by atoms with van der Waals surface area (Å²) in [6.45, 7) is 14.4. The maximum Gasteiger partial charge on any atom is 0.0595 e. The van der Waals surface area contributed by atoms with Crippen molar-refractivity contribution in [3.8, 4) is 0 Å². The molecule has 4 rings (SSSR count). The lowest BCUT2D eigenvalue weighted by atomic mass is 9.64. The van der Waals surface area contributed by atoms with Gasteiger partial charge in [-0.2, -0.15) is 0 Å². The zero-order valence-corrected chi connectivity index (χ0v) is 26.9. The van der Waals surface area contributed by atoms with Crippen LogP contribution in [0.15, 0.2) is 83.5 Å². The third kappa shape index (κ3) is 6.71. The molecule has 0 radical (unpaired) electrons. The largest absolute Gasteiger partial charge is 0.326 e. The molecule has 0 amide bonds. The van der Waals surface area contributed by atoms with Gasteiger partial charge >= 0.3 is 0 Å². The molecule has 0 saturated carbocycles. The lowest BCUT2D eigenvalue weighted by molar-refractivity contribution is 0.429. The van der Waals surface area contributed by atoms with Gasteiger partial charge in [0, 0.05) is 17.0 Å². The summed E-state index contributed by atoms with van der Waals surface area (Å²) in [5.41, 5.74) is 16.2. The highest BCUT2D eigenvalue weighted by Crippen LogP contribution is 2.48. The number of benzene rings is 3. The number of hydrogen-bond acceptors (Lipinski definition) is 1. The van der Waals surface area contributed by atoms with Crippen molar-refractivity contribution in [1.82, 2.24) is 0 Å². The molecule has 4 heteroatoms. The Balaban J connectivity index is 1.77. The molecule has 0 bridgehead atoms. The molecular weight excluding hydrogens is 553 g/mol. The van der Waals surface area contributed by atoms with E-state index in [4.69, 9.17) is 40.5 Å². The van der Waals surface area contributed by atoms with E-state index in [2.05, 4.69) is 90.1 Å². The van der Waals surface area contributed by atoms with Crippen molar-refractivity contribution >= 4 is 34.8 Å². The predicted molar refractivity (Wildman–Crippen MR) is 175 cm³/mol. The van der Waals surface area contributed by atoms with Crippen molar-refractivity contribution in [3.05, 3.63) is 126 Å². The Morgan fingerprint density at radius 2 is 1.52 bits per heavy atom. The van der Waals surface area contributed by atoms with Crippen molar-refractivity contribution in [2.75, 3.05) is 0 Å². The minimum Gasteiger partial charge on any atom is -0.326 e. The summed E-state index contributed by atoms with van der Waals surface area (Å²) < 4.78 is 0. The molecule has 212 valence electrons. The molecule has 3 aromatic rings. The zero-order chi connectivity index (χ0) is 29.2. The standard InChI is InChI=1S/C36H42Cl3N/c1-22-7-10-27(11-8-22)31-19-29(14-13-28-12-9-26(21-40)18-34(28)38)24(3)23(2)17-32(25(31)4)36(5,6)30-15-16-33(37)35(39)20-30/h7-12,15-18,20,23,25,31H,13-14,19,21,40H2,1-6H3. The number of rotatable bonds is 7. The summed E-state index contributed by atoms with van der Waals surface area (Å²) in [5.74, 6) is 0.995. The Bertz CT molecular complexity index is 1410. The maximum absolute atomic E-state index is 6.66. The van der Waals surface area contributed by atoms with Gasteiger partial charge in [0.25, 0.3) is 0 Å². The Morgan fingerprint density at radius 3 is 2.15 bits per heavy atom. The minimum absolute atomic E-state index is 0.207. The van der Waals surface area contributed by atoms with Gasteiger partial charge in [-0.1, -0.05) is 133 Å². The fraction of sp³-hybridized carbons (Fsp3) is 0.389. The second-order valence-corrected chi connectivity index (χ2v) is 13.3. The van der Waals surface area contributed by atoms with Crippen LogP contribution in [0.4, 0.5) is 0 Å². The molecule has 0 aliphatic heterocycles. The first kappa shape index (κ1) is 30.9. The summed E-state index contributed by atoms with van der Waals surface area (Å²) in [6.07, 6.45) is 5.45. The van der Waals surface area contributed by atoms with Crippen molar-refractivity contribution in [2.45, 2.75) is 78.7 Å². The smallest absolute Gasteiger partial charge is 0.0595 e. The summed E-state index contributed by atoms with van der Waals surface area (Å²) in [5, 5.41) is 2.01. The van der Waals surface area contributed by atoms with Crippen LogP contribution in [0.5, 0.6) is 0 Å². The van der Waals surface area contributed by atoms with E-state index in [1.165, 1.54) is 39.0 Å². The van der Waals surface area contributed by atoms with Crippen LogP contribution in [0.2, 0.25) is 15.1 Å². The van der Waals surface area contributed by atoms with Crippen molar-refractivity contribution in [3.63, 3.8) is 0 Å². The van der Waals surface area contributed by atoms with E-state index in [-0.39, 0.29) is 5.41 Å². The molecule has 1 aliphatic rings. The normalized spacial score (nSPS) is 20.2. The van der Waals surface area contributed by atoms with Gasteiger partial charge in [-0.25, -0.2) is 0 Å². The first-order chi connectivity index (χ1) is 18.9. The van der Waals surface area contributed by atoms with Gasteiger partial charge in [0.05, 0.1) is 10.0 Å². The maximum atomic E-state index is 6.66. The van der Waals surface area contributed by atoms with Crippen LogP contribution in [-0.4, -0.2) is 0 Å². The van der Waals surface area contributed by atoms with Crippen LogP contribution in [0.1, 0.15) is 81.2 Å². The molecule has 3 atom stereocenters. The summed E-state index contributed by atoms with van der Waals surface area (Å²) in [7, 11) is 0. The molecule has 40 heavy (non-hydrogen) atoms. The quantitative estimate of drug-likeness (QED) is 0.271. The molecule has 0 saturated heterocycles. The zero-order valence-electron chi connectivity index (χ0n) is 24.6. The van der Waals surface area contributed by atoms with E-state index in [0.717, 1.165) is 29.8 Å². The molecule has 0 spiro atoms. The monoisotopic (exact) mass is 593 g/mol. The van der Waals surface area contributed by atoms with Gasteiger partial charge in [-0.05, 0) is 91.3 Å². The highest BCUT2D eigenvalue weighted by molar-refractivity contribution is 6.42. The van der Waals surface area contributed by atoms with E-state index in [1.807, 2.05) is 18.2 Å². The van der Waals surface area contributed by atoms with Crippen molar-refractivity contribution in [2.24, 2.45) is 17.6 Å². The van der Waals surface area contributed by atoms with Crippen LogP contribution in [-0.2, 0) is 18.4 Å². The molecule has 1 nitrogen and oxygen atoms in total. The third-order valence-electron chi connectivity index (χ3n) is 9.15. The molecule has 0 heterocycles. The number of aryl methyl sites for hydroxylation is 2. The van der Waals surface area contributed by atoms with Gasteiger partial charge in [0.1, 0.15) is 0 Å². The summed E-state index contributed by atoms with van der Waals surface area (Å²) in [6, 6.07) is 21.5. The number of nitrogens with two attached hydrogens (primary N) is 1. The van der Waals surface area contributed by atoms with Crippen molar-refractivity contribution in [1.29, 1.82) is 0 Å².